The van der Waals surface area contributed by atoms with E-state index in [-0.39, 0.29) is 20.3 Å². The van der Waals surface area contributed by atoms with Crippen molar-refractivity contribution in [2.75, 3.05) is 6.54 Å². The van der Waals surface area contributed by atoms with Crippen LogP contribution in [-0.2, 0) is 4.79 Å². The largest absolute Gasteiger partial charge is 0.356 e. The Kier molecular flexibility index (Phi) is 4.80. The van der Waals surface area contributed by atoms with Crippen molar-refractivity contribution >= 4 is 5.91 Å². The number of hydrogen-bond donors (Lipinski definition) is 1. The molecule has 0 radical (unpaired) electrons. The van der Waals surface area contributed by atoms with Crippen LogP contribution in [0, 0.1) is 0 Å². The van der Waals surface area contributed by atoms with Gasteiger partial charge in [0.15, 0.2) is 0 Å². The fraction of sp³-hybridized carbons (Fsp3) is 0.833. The second kappa shape index (κ2) is 5.14. The number of carbonyl (C=O) groups excluding carboxylic acids is 1. The van der Waals surface area contributed by atoms with Crippen LogP contribution in [0.1, 0.15) is 21.2 Å². The van der Waals surface area contributed by atoms with E-state index in [1.807, 2.05) is 0 Å². The van der Waals surface area contributed by atoms with Gasteiger partial charge in [0.25, 0.3) is 0 Å². The molecule has 10 heavy (non-hydrogen) atoms. The first kappa shape index (κ1) is 9.33. The first-order chi connectivity index (χ1) is 4.66. The number of carbonyl (C=O) groups is 1. The Morgan fingerprint density at radius 2 is 2.30 bits per heavy atom. The Morgan fingerprint density at radius 3 is 2.70 bits per heavy atom. The van der Waals surface area contributed by atoms with Gasteiger partial charge in [0, 0.05) is 20.8 Å². The number of amides is 1. The Hall–Kier alpha value is -0.670. The Morgan fingerprint density at radius 1 is 1.70 bits per heavy atom. The van der Waals surface area contributed by atoms with Crippen LogP contribution in [0.25, 0.3) is 0 Å². The molecule has 0 heterocycles. The molecule has 0 aromatic rings. The lowest BCUT2D eigenvalue weighted by atomic mass is 10.4. The Labute approximate surface area is 60.1 Å². The van der Waals surface area contributed by atoms with Gasteiger partial charge in [-0.3, -0.25) is 4.79 Å². The predicted molar refractivity (Wildman–Crippen MR) is 36.0 cm³/mol. The summed E-state index contributed by atoms with van der Waals surface area (Å²) in [4.78, 5) is 10.4. The Balaban J connectivity index is 0. The summed E-state index contributed by atoms with van der Waals surface area (Å²) in [5, 5.41) is 2.34. The second-order valence-electron chi connectivity index (χ2n) is 1.88. The van der Waals surface area contributed by atoms with Gasteiger partial charge in [-0.15, -0.1) is 0 Å². The van der Waals surface area contributed by atoms with Crippen LogP contribution in [-0.4, -0.2) is 18.9 Å². The van der Waals surface area contributed by atoms with Crippen molar-refractivity contribution in [1.82, 2.24) is 5.32 Å². The highest BCUT2D eigenvalue weighted by Gasteiger charge is 2.02. The van der Waals surface area contributed by atoms with Gasteiger partial charge in [-0.05, 0) is 0 Å². The molecule has 0 aliphatic carbocycles. The third-order valence-electron chi connectivity index (χ3n) is 1.01. The van der Waals surface area contributed by atoms with Gasteiger partial charge in [-0.25, -0.2) is 8.78 Å². The molecule has 1 amide bonds. The molecule has 0 bridgehead atoms. The summed E-state index contributed by atoms with van der Waals surface area (Å²) >= 11 is 0. The summed E-state index contributed by atoms with van der Waals surface area (Å²) < 4.78 is 22.9. The highest BCUT2D eigenvalue weighted by Crippen LogP contribution is 1.95. The van der Waals surface area contributed by atoms with E-state index >= 15 is 0 Å². The summed E-state index contributed by atoms with van der Waals surface area (Å²) in [5.41, 5.74) is 0. The number of halogens is 2. The minimum atomic E-state index is -2.32. The predicted octanol–water partition coefficient (Wildman–Crippen LogP) is 1.41. The molecule has 0 aromatic heterocycles. The fourth-order valence-electron chi connectivity index (χ4n) is 0.446. The summed E-state index contributed by atoms with van der Waals surface area (Å²) in [5.74, 6) is -0.180. The first-order valence-electron chi connectivity index (χ1n) is 3.21. The Bertz CT molecular complexity index is 111. The van der Waals surface area contributed by atoms with Crippen molar-refractivity contribution in [2.24, 2.45) is 0 Å². The lowest BCUT2D eigenvalue weighted by Gasteiger charge is -2.00. The molecule has 0 atom stereocenters. The van der Waals surface area contributed by atoms with E-state index in [2.05, 4.69) is 5.32 Å². The summed E-state index contributed by atoms with van der Waals surface area (Å²) in [7, 11) is 0. The molecule has 4 heteroatoms. The summed E-state index contributed by atoms with van der Waals surface area (Å²) in [6.07, 6.45) is -2.23. The molecule has 62 valence electrons. The molecule has 0 fully saturated rings. The van der Waals surface area contributed by atoms with E-state index < -0.39 is 6.43 Å². The third kappa shape index (κ3) is 5.47. The first-order valence-corrected chi connectivity index (χ1v) is 3.21. The highest BCUT2D eigenvalue weighted by atomic mass is 19.3. The van der Waals surface area contributed by atoms with Gasteiger partial charge in [0.2, 0.25) is 12.3 Å². The number of rotatable bonds is 4. The van der Waals surface area contributed by atoms with Crippen LogP contribution in [0.2, 0.25) is 0 Å². The van der Waals surface area contributed by atoms with Gasteiger partial charge >= 0.3 is 0 Å². The minimum absolute atomic E-state index is 0. The monoisotopic (exact) mass is 153 g/mol. The van der Waals surface area contributed by atoms with Gasteiger partial charge < -0.3 is 5.32 Å². The standard InChI is InChI=1S/C6H11F2NO.H2/c1-2-6(10)9-4-3-5(7)8;/h5H,2-4H2,1H3,(H,9,10);1H. The molecule has 0 aliphatic rings. The van der Waals surface area contributed by atoms with E-state index in [4.69, 9.17) is 0 Å². The molecule has 0 aliphatic heterocycles. The van der Waals surface area contributed by atoms with Crippen molar-refractivity contribution in [3.63, 3.8) is 0 Å². The van der Waals surface area contributed by atoms with Gasteiger partial charge in [-0.1, -0.05) is 6.92 Å². The zero-order valence-corrected chi connectivity index (χ0v) is 5.86. The molecule has 2 nitrogen and oxygen atoms in total. The van der Waals surface area contributed by atoms with Crippen molar-refractivity contribution in [2.45, 2.75) is 26.2 Å². The summed E-state index contributed by atoms with van der Waals surface area (Å²) in [6, 6.07) is 0. The SMILES string of the molecule is CCC(=O)NCCC(F)F.[HH]. The zero-order valence-electron chi connectivity index (χ0n) is 5.86. The minimum Gasteiger partial charge on any atom is -0.356 e. The van der Waals surface area contributed by atoms with E-state index in [0.717, 1.165) is 0 Å². The van der Waals surface area contributed by atoms with Gasteiger partial charge in [0.05, 0.1) is 0 Å². The van der Waals surface area contributed by atoms with Crippen molar-refractivity contribution in [3.05, 3.63) is 0 Å². The topological polar surface area (TPSA) is 29.1 Å². The fourth-order valence-corrected chi connectivity index (χ4v) is 0.446. The molecule has 0 saturated carbocycles. The quantitative estimate of drug-likeness (QED) is 0.650. The zero-order chi connectivity index (χ0) is 7.98. The third-order valence-corrected chi connectivity index (χ3v) is 1.01. The second-order valence-corrected chi connectivity index (χ2v) is 1.88. The van der Waals surface area contributed by atoms with Crippen LogP contribution < -0.4 is 5.32 Å². The average molecular weight is 153 g/mol. The van der Waals surface area contributed by atoms with Crippen LogP contribution >= 0.6 is 0 Å². The molecular weight excluding hydrogens is 140 g/mol. The maximum absolute atomic E-state index is 11.4. The van der Waals surface area contributed by atoms with Crippen LogP contribution in [0.3, 0.4) is 0 Å². The number of nitrogens with one attached hydrogen (secondary N) is 1. The van der Waals surface area contributed by atoms with E-state index in [0.29, 0.717) is 6.42 Å². The normalized spacial score (nSPS) is 10.0. The average Bonchev–Trinajstić information content (AvgIpc) is 1.87. The lowest BCUT2D eigenvalue weighted by molar-refractivity contribution is -0.120. The van der Waals surface area contributed by atoms with Crippen molar-refractivity contribution in [3.8, 4) is 0 Å². The molecular formula is C6H13F2NO. The van der Waals surface area contributed by atoms with Gasteiger partial charge in [0.1, 0.15) is 0 Å². The summed E-state index contributed by atoms with van der Waals surface area (Å²) in [6.45, 7) is 1.75. The molecule has 0 unspecified atom stereocenters. The lowest BCUT2D eigenvalue weighted by Crippen LogP contribution is -2.24. The number of hydrogen-bond acceptors (Lipinski definition) is 1. The van der Waals surface area contributed by atoms with E-state index in [9.17, 15) is 13.6 Å². The maximum Gasteiger partial charge on any atom is 0.240 e. The maximum atomic E-state index is 11.4. The van der Waals surface area contributed by atoms with Crippen LogP contribution in [0.5, 0.6) is 0 Å². The molecule has 1 N–H and O–H groups in total. The molecule has 0 saturated heterocycles. The van der Waals surface area contributed by atoms with E-state index in [1.54, 1.807) is 6.92 Å². The van der Waals surface area contributed by atoms with E-state index in [1.165, 1.54) is 0 Å². The molecule has 0 spiro atoms. The van der Waals surface area contributed by atoms with Crippen LogP contribution in [0.4, 0.5) is 8.78 Å². The van der Waals surface area contributed by atoms with Crippen LogP contribution in [0.15, 0.2) is 0 Å². The molecule has 0 rings (SSSR count). The van der Waals surface area contributed by atoms with Crippen molar-refractivity contribution < 1.29 is 15.0 Å². The van der Waals surface area contributed by atoms with Gasteiger partial charge in [-0.2, -0.15) is 0 Å². The molecule has 0 aromatic carbocycles. The number of alkyl halides is 2. The highest BCUT2D eigenvalue weighted by molar-refractivity contribution is 5.75. The smallest absolute Gasteiger partial charge is 0.240 e. The van der Waals surface area contributed by atoms with Crippen molar-refractivity contribution in [1.29, 1.82) is 0 Å².